The first-order chi connectivity index (χ1) is 12.1. The second kappa shape index (κ2) is 10.3. The molecule has 2 atom stereocenters. The highest BCUT2D eigenvalue weighted by atomic mass is 32.2. The van der Waals surface area contributed by atoms with Crippen LogP contribution in [0.15, 0.2) is 65.6 Å². The molecule has 4 heteroatoms. The van der Waals surface area contributed by atoms with Crippen LogP contribution in [0.4, 0.5) is 5.69 Å². The summed E-state index contributed by atoms with van der Waals surface area (Å²) in [6.07, 6.45) is 1.57. The van der Waals surface area contributed by atoms with E-state index >= 15 is 0 Å². The monoisotopic (exact) mass is 357 g/mol. The molecular formula is C21H27NO2S. The number of para-hydroxylation sites is 1. The Hall–Kier alpha value is -1.78. The molecule has 2 aromatic carbocycles. The van der Waals surface area contributed by atoms with Gasteiger partial charge in [-0.05, 0) is 37.1 Å². The zero-order chi connectivity index (χ0) is 18.1. The summed E-state index contributed by atoms with van der Waals surface area (Å²) in [7, 11) is 1.78. The highest BCUT2D eigenvalue weighted by molar-refractivity contribution is 7.99. The van der Waals surface area contributed by atoms with Gasteiger partial charge in [-0.2, -0.15) is 0 Å². The number of aliphatic hydroxyl groups excluding tert-OH is 1. The summed E-state index contributed by atoms with van der Waals surface area (Å²) >= 11 is 1.72. The van der Waals surface area contributed by atoms with E-state index in [0.29, 0.717) is 12.8 Å². The number of hydrogen-bond acceptors (Lipinski definition) is 3. The summed E-state index contributed by atoms with van der Waals surface area (Å²) in [5.41, 5.74) is 0.861. The Morgan fingerprint density at radius 2 is 1.64 bits per heavy atom. The fraction of sp³-hybridized carbons (Fsp3) is 0.381. The lowest BCUT2D eigenvalue weighted by atomic mass is 9.93. The predicted octanol–water partition coefficient (Wildman–Crippen LogP) is 4.61. The maximum absolute atomic E-state index is 12.9. The molecule has 0 aromatic heterocycles. The molecular weight excluding hydrogens is 330 g/mol. The first-order valence-corrected chi connectivity index (χ1v) is 9.80. The Morgan fingerprint density at radius 1 is 1.04 bits per heavy atom. The van der Waals surface area contributed by atoms with Gasteiger partial charge in [0.15, 0.2) is 0 Å². The summed E-state index contributed by atoms with van der Waals surface area (Å²) in [6, 6.07) is 19.7. The number of benzene rings is 2. The van der Waals surface area contributed by atoms with E-state index < -0.39 is 6.10 Å². The van der Waals surface area contributed by atoms with Gasteiger partial charge in [0.05, 0.1) is 12.0 Å². The van der Waals surface area contributed by atoms with Crippen LogP contribution in [0.25, 0.3) is 0 Å². The van der Waals surface area contributed by atoms with Crippen molar-refractivity contribution in [1.29, 1.82) is 0 Å². The summed E-state index contributed by atoms with van der Waals surface area (Å²) < 4.78 is 0. The van der Waals surface area contributed by atoms with Crippen molar-refractivity contribution < 1.29 is 9.90 Å². The van der Waals surface area contributed by atoms with Crippen molar-refractivity contribution in [3.05, 3.63) is 60.7 Å². The molecule has 25 heavy (non-hydrogen) atoms. The first kappa shape index (κ1) is 19.5. The van der Waals surface area contributed by atoms with Crippen LogP contribution < -0.4 is 4.90 Å². The third kappa shape index (κ3) is 5.91. The Bertz CT molecular complexity index is 633. The lowest BCUT2D eigenvalue weighted by Gasteiger charge is -2.27. The van der Waals surface area contributed by atoms with Crippen LogP contribution in [-0.4, -0.2) is 29.9 Å². The zero-order valence-electron chi connectivity index (χ0n) is 15.0. The molecule has 0 heterocycles. The molecule has 0 aliphatic heterocycles. The molecule has 134 valence electrons. The molecule has 1 N–H and O–H groups in total. The second-order valence-corrected chi connectivity index (χ2v) is 7.31. The molecule has 0 saturated carbocycles. The van der Waals surface area contributed by atoms with Crippen LogP contribution in [-0.2, 0) is 4.79 Å². The van der Waals surface area contributed by atoms with E-state index in [1.54, 1.807) is 23.7 Å². The van der Waals surface area contributed by atoms with E-state index in [9.17, 15) is 9.90 Å². The highest BCUT2D eigenvalue weighted by Crippen LogP contribution is 2.24. The van der Waals surface area contributed by atoms with Crippen LogP contribution in [0.3, 0.4) is 0 Å². The number of anilines is 1. The Balaban J connectivity index is 1.94. The van der Waals surface area contributed by atoms with Gasteiger partial charge in [0.1, 0.15) is 0 Å². The number of hydrogen-bond donors (Lipinski definition) is 1. The molecule has 2 unspecified atom stereocenters. The van der Waals surface area contributed by atoms with Gasteiger partial charge in [-0.25, -0.2) is 0 Å². The molecule has 3 nitrogen and oxygen atoms in total. The minimum Gasteiger partial charge on any atom is -0.392 e. The van der Waals surface area contributed by atoms with Crippen molar-refractivity contribution in [2.24, 2.45) is 5.92 Å². The van der Waals surface area contributed by atoms with Crippen molar-refractivity contribution in [3.63, 3.8) is 0 Å². The quantitative estimate of drug-likeness (QED) is 0.666. The van der Waals surface area contributed by atoms with Crippen molar-refractivity contribution in [2.75, 3.05) is 17.7 Å². The fourth-order valence-electron chi connectivity index (χ4n) is 2.83. The topological polar surface area (TPSA) is 40.5 Å². The SMILES string of the molecule is CCCC(C(=O)N(C)c1ccccc1)C(O)CCSc1ccccc1. The van der Waals surface area contributed by atoms with E-state index in [-0.39, 0.29) is 11.8 Å². The molecule has 0 bridgehead atoms. The number of carbonyl (C=O) groups excluding carboxylic acids is 1. The van der Waals surface area contributed by atoms with Gasteiger partial charge in [-0.3, -0.25) is 4.79 Å². The van der Waals surface area contributed by atoms with Crippen LogP contribution >= 0.6 is 11.8 Å². The average Bonchev–Trinajstić information content (AvgIpc) is 2.66. The van der Waals surface area contributed by atoms with Gasteiger partial charge in [0.25, 0.3) is 0 Å². The van der Waals surface area contributed by atoms with Gasteiger partial charge in [-0.1, -0.05) is 49.7 Å². The van der Waals surface area contributed by atoms with Crippen molar-refractivity contribution >= 4 is 23.4 Å². The maximum atomic E-state index is 12.9. The number of aliphatic hydroxyl groups is 1. The van der Waals surface area contributed by atoms with Gasteiger partial charge in [0, 0.05) is 23.4 Å². The molecule has 1 amide bonds. The number of nitrogens with zero attached hydrogens (tertiary/aromatic N) is 1. The molecule has 0 aliphatic rings. The normalized spacial score (nSPS) is 13.2. The van der Waals surface area contributed by atoms with Crippen LogP contribution in [0.5, 0.6) is 0 Å². The number of amides is 1. The summed E-state index contributed by atoms with van der Waals surface area (Å²) in [5.74, 6) is 0.435. The fourth-order valence-corrected chi connectivity index (χ4v) is 3.78. The standard InChI is InChI=1S/C21H27NO2S/c1-3-10-19(21(24)22(2)17-11-6-4-7-12-17)20(23)15-16-25-18-13-8-5-9-14-18/h4-9,11-14,19-20,23H,3,10,15-16H2,1-2H3. The van der Waals surface area contributed by atoms with Crippen LogP contribution in [0.1, 0.15) is 26.2 Å². The van der Waals surface area contributed by atoms with Gasteiger partial charge in [-0.15, -0.1) is 11.8 Å². The summed E-state index contributed by atoms with van der Waals surface area (Å²) in [5, 5.41) is 10.6. The van der Waals surface area contributed by atoms with E-state index in [0.717, 1.165) is 17.9 Å². The molecule has 0 fully saturated rings. The smallest absolute Gasteiger partial charge is 0.232 e. The molecule has 2 aromatic rings. The first-order valence-electron chi connectivity index (χ1n) is 8.82. The van der Waals surface area contributed by atoms with Crippen molar-refractivity contribution in [1.82, 2.24) is 0 Å². The van der Waals surface area contributed by atoms with E-state index in [4.69, 9.17) is 0 Å². The minimum atomic E-state index is -0.616. The average molecular weight is 358 g/mol. The number of rotatable bonds is 9. The highest BCUT2D eigenvalue weighted by Gasteiger charge is 2.28. The van der Waals surface area contributed by atoms with Gasteiger partial charge in [0.2, 0.25) is 5.91 Å². The molecule has 2 rings (SSSR count). The Morgan fingerprint density at radius 3 is 2.24 bits per heavy atom. The molecule has 0 saturated heterocycles. The van der Waals surface area contributed by atoms with E-state index in [1.807, 2.05) is 55.5 Å². The summed E-state index contributed by atoms with van der Waals surface area (Å²) in [6.45, 7) is 2.05. The van der Waals surface area contributed by atoms with Crippen LogP contribution in [0, 0.1) is 5.92 Å². The number of thioether (sulfide) groups is 1. The Labute approximate surface area is 155 Å². The van der Waals surface area contributed by atoms with Gasteiger partial charge >= 0.3 is 0 Å². The third-order valence-corrected chi connectivity index (χ3v) is 5.33. The predicted molar refractivity (Wildman–Crippen MR) is 106 cm³/mol. The molecule has 0 spiro atoms. The number of carbonyl (C=O) groups is 1. The van der Waals surface area contributed by atoms with Crippen LogP contribution in [0.2, 0.25) is 0 Å². The van der Waals surface area contributed by atoms with Crippen molar-refractivity contribution in [3.8, 4) is 0 Å². The van der Waals surface area contributed by atoms with Crippen molar-refractivity contribution in [2.45, 2.75) is 37.2 Å². The van der Waals surface area contributed by atoms with E-state index in [2.05, 4.69) is 12.1 Å². The lowest BCUT2D eigenvalue weighted by molar-refractivity contribution is -0.126. The summed E-state index contributed by atoms with van der Waals surface area (Å²) in [4.78, 5) is 15.7. The second-order valence-electron chi connectivity index (χ2n) is 6.15. The third-order valence-electron chi connectivity index (χ3n) is 4.28. The van der Waals surface area contributed by atoms with E-state index in [1.165, 1.54) is 4.90 Å². The largest absolute Gasteiger partial charge is 0.392 e. The Kier molecular flexibility index (Phi) is 8.02. The molecule has 0 radical (unpaired) electrons. The zero-order valence-corrected chi connectivity index (χ0v) is 15.8. The minimum absolute atomic E-state index is 0.00902. The van der Waals surface area contributed by atoms with Gasteiger partial charge < -0.3 is 10.0 Å². The lowest BCUT2D eigenvalue weighted by Crippen LogP contribution is -2.39. The molecule has 0 aliphatic carbocycles. The maximum Gasteiger partial charge on any atom is 0.232 e.